The van der Waals surface area contributed by atoms with Gasteiger partial charge in [-0.3, -0.25) is 18.3 Å². The van der Waals surface area contributed by atoms with Gasteiger partial charge < -0.3 is 20.4 Å². The zero-order valence-corrected chi connectivity index (χ0v) is 24.2. The Morgan fingerprint density at radius 3 is 1.29 bits per heavy atom. The fraction of sp³-hybridized carbons (Fsp3) is 0.786. The van der Waals surface area contributed by atoms with Crippen molar-refractivity contribution in [1.82, 2.24) is 18.3 Å². The summed E-state index contributed by atoms with van der Waals surface area (Å²) in [4.78, 5) is 24.6. The number of hydrogen-bond acceptors (Lipinski definition) is 6. The Balaban J connectivity index is 1.71. The predicted molar refractivity (Wildman–Crippen MR) is 149 cm³/mol. The van der Waals surface area contributed by atoms with Gasteiger partial charge in [-0.05, 0) is 76.0 Å². The molecule has 2 heterocycles. The summed E-state index contributed by atoms with van der Waals surface area (Å²) in [5, 5.41) is 41.1. The summed E-state index contributed by atoms with van der Waals surface area (Å²) in [6, 6.07) is 0. The van der Waals surface area contributed by atoms with Crippen LogP contribution in [-0.4, -0.2) is 50.9 Å². The Hall–Kier alpha value is -2.46. The molecule has 2 aromatic heterocycles. The maximum atomic E-state index is 12.3. The average Bonchev–Trinajstić information content (AvgIpc) is 3.30. The monoisotopic (exact) mass is 538 g/mol. The second-order valence-corrected chi connectivity index (χ2v) is 12.2. The summed E-state index contributed by atoms with van der Waals surface area (Å²) >= 11 is 0. The molecular formula is C28H50N4O6. The number of aryl methyl sites for hydroxylation is 2. The van der Waals surface area contributed by atoms with E-state index in [0.717, 1.165) is 12.8 Å². The highest BCUT2D eigenvalue weighted by Crippen LogP contribution is 2.31. The number of aliphatic hydroxyl groups excluding tert-OH is 2. The second-order valence-electron chi connectivity index (χ2n) is 12.2. The Bertz CT molecular complexity index is 1040. The first kappa shape index (κ1) is 31.8. The molecule has 0 radical (unpaired) electrons. The second kappa shape index (κ2) is 13.6. The van der Waals surface area contributed by atoms with Crippen LogP contribution in [-0.2, 0) is 26.2 Å². The molecule has 0 amide bonds. The number of aliphatic hydroxyl groups is 2. The first-order valence-corrected chi connectivity index (χ1v) is 14.0. The minimum absolute atomic E-state index is 0.0208. The Kier molecular flexibility index (Phi) is 11.3. The third-order valence-corrected chi connectivity index (χ3v) is 7.90. The number of imidazole rings is 2. The third kappa shape index (κ3) is 9.08. The quantitative estimate of drug-likeness (QED) is 0.243. The largest absolute Gasteiger partial charge is 0.493 e. The Labute approximate surface area is 226 Å². The van der Waals surface area contributed by atoms with Gasteiger partial charge in [0.2, 0.25) is 11.8 Å². The normalized spacial score (nSPS) is 14.2. The lowest BCUT2D eigenvalue weighted by Crippen LogP contribution is -2.26. The van der Waals surface area contributed by atoms with Crippen molar-refractivity contribution in [1.29, 1.82) is 0 Å². The molecule has 2 unspecified atom stereocenters. The van der Waals surface area contributed by atoms with Crippen LogP contribution in [0.2, 0.25) is 0 Å². The van der Waals surface area contributed by atoms with Gasteiger partial charge in [-0.25, -0.2) is 9.59 Å². The van der Waals surface area contributed by atoms with Crippen molar-refractivity contribution in [3.63, 3.8) is 0 Å². The molecule has 0 bridgehead atoms. The predicted octanol–water partition coefficient (Wildman–Crippen LogP) is 3.66. The molecule has 0 saturated carbocycles. The molecule has 38 heavy (non-hydrogen) atoms. The fourth-order valence-electron chi connectivity index (χ4n) is 4.78. The minimum Gasteiger partial charge on any atom is -0.493 e. The summed E-state index contributed by atoms with van der Waals surface area (Å²) < 4.78 is 5.74. The van der Waals surface area contributed by atoms with E-state index in [-0.39, 0.29) is 34.0 Å². The topological polar surface area (TPSA) is 135 Å². The zero-order chi connectivity index (χ0) is 28.7. The maximum Gasteiger partial charge on any atom is 0.331 e. The SMILES string of the molecule is CCn1cc(O)n(CCC(C)(C)CCC(O)CCC(O)CCC(C)(C)CCn2c(O)cn(CC)c2=O)c1=O. The molecule has 0 spiro atoms. The molecule has 0 fully saturated rings. The lowest BCUT2D eigenvalue weighted by atomic mass is 9.82. The van der Waals surface area contributed by atoms with E-state index >= 15 is 0 Å². The van der Waals surface area contributed by atoms with Crippen molar-refractivity contribution in [3.05, 3.63) is 33.4 Å². The van der Waals surface area contributed by atoms with Gasteiger partial charge >= 0.3 is 11.4 Å². The summed E-state index contributed by atoms with van der Waals surface area (Å²) in [7, 11) is 0. The number of nitrogens with zero attached hydrogens (tertiary/aromatic N) is 4. The maximum absolute atomic E-state index is 12.3. The van der Waals surface area contributed by atoms with Crippen LogP contribution in [0.3, 0.4) is 0 Å². The average molecular weight is 539 g/mol. The smallest absolute Gasteiger partial charge is 0.331 e. The molecule has 0 saturated heterocycles. The van der Waals surface area contributed by atoms with Gasteiger partial charge in [0.1, 0.15) is 0 Å². The van der Waals surface area contributed by atoms with Crippen molar-refractivity contribution >= 4 is 0 Å². The van der Waals surface area contributed by atoms with E-state index in [1.807, 2.05) is 13.8 Å². The van der Waals surface area contributed by atoms with Crippen molar-refractivity contribution in [2.45, 2.75) is 131 Å². The van der Waals surface area contributed by atoms with Crippen molar-refractivity contribution in [3.8, 4) is 11.8 Å². The van der Waals surface area contributed by atoms with E-state index in [1.165, 1.54) is 30.7 Å². The Morgan fingerprint density at radius 2 is 1.00 bits per heavy atom. The van der Waals surface area contributed by atoms with Gasteiger partial charge in [0.25, 0.3) is 0 Å². The third-order valence-electron chi connectivity index (χ3n) is 7.90. The Morgan fingerprint density at radius 1 is 0.658 bits per heavy atom. The van der Waals surface area contributed by atoms with Crippen LogP contribution < -0.4 is 11.4 Å². The van der Waals surface area contributed by atoms with Gasteiger partial charge in [-0.2, -0.15) is 0 Å². The molecular weight excluding hydrogens is 488 g/mol. The van der Waals surface area contributed by atoms with Crippen LogP contribution in [0.4, 0.5) is 0 Å². The molecule has 0 aromatic carbocycles. The van der Waals surface area contributed by atoms with Crippen LogP contribution >= 0.6 is 0 Å². The van der Waals surface area contributed by atoms with Crippen molar-refractivity contribution in [2.24, 2.45) is 10.8 Å². The molecule has 2 atom stereocenters. The first-order chi connectivity index (χ1) is 17.7. The van der Waals surface area contributed by atoms with E-state index in [1.54, 1.807) is 0 Å². The van der Waals surface area contributed by atoms with Crippen molar-refractivity contribution in [2.75, 3.05) is 0 Å². The molecule has 0 aliphatic rings. The highest BCUT2D eigenvalue weighted by Gasteiger charge is 2.23. The van der Waals surface area contributed by atoms with E-state index in [0.29, 0.717) is 64.7 Å². The highest BCUT2D eigenvalue weighted by atomic mass is 16.3. The standard InChI is InChI=1S/C28H50N4O6/c1-7-29-19-23(35)31(25(29)37)17-15-27(3,4)13-11-21(33)9-10-22(34)12-14-28(5,6)16-18-32-24(36)20-30(8-2)26(32)38/h19-22,33-36H,7-18H2,1-6H3. The van der Waals surface area contributed by atoms with Gasteiger partial charge in [0, 0.05) is 26.2 Å². The summed E-state index contributed by atoms with van der Waals surface area (Å²) in [6.07, 6.45) is 7.10. The summed E-state index contributed by atoms with van der Waals surface area (Å²) in [5.74, 6) is -0.0417. The van der Waals surface area contributed by atoms with Gasteiger partial charge in [0.15, 0.2) is 0 Å². The van der Waals surface area contributed by atoms with E-state index in [4.69, 9.17) is 0 Å². The molecule has 2 aromatic rings. The highest BCUT2D eigenvalue weighted by molar-refractivity contribution is 5.06. The lowest BCUT2D eigenvalue weighted by Gasteiger charge is -2.27. The van der Waals surface area contributed by atoms with Gasteiger partial charge in [-0.15, -0.1) is 0 Å². The summed E-state index contributed by atoms with van der Waals surface area (Å²) in [6.45, 7) is 14.0. The molecule has 4 N–H and O–H groups in total. The molecule has 0 aliphatic heterocycles. The van der Waals surface area contributed by atoms with Crippen LogP contribution in [0, 0.1) is 10.8 Å². The zero-order valence-electron chi connectivity index (χ0n) is 24.2. The minimum atomic E-state index is -0.508. The van der Waals surface area contributed by atoms with Crippen LogP contribution in [0.15, 0.2) is 22.0 Å². The number of rotatable bonds is 17. The number of aromatic nitrogens is 4. The molecule has 218 valence electrons. The number of aromatic hydroxyl groups is 2. The van der Waals surface area contributed by atoms with E-state index < -0.39 is 12.2 Å². The summed E-state index contributed by atoms with van der Waals surface area (Å²) in [5.41, 5.74) is -0.641. The first-order valence-electron chi connectivity index (χ1n) is 14.0. The lowest BCUT2D eigenvalue weighted by molar-refractivity contribution is 0.0857. The van der Waals surface area contributed by atoms with Crippen LogP contribution in [0.25, 0.3) is 0 Å². The molecule has 10 nitrogen and oxygen atoms in total. The molecule has 10 heteroatoms. The molecule has 2 rings (SSSR count). The number of hydrogen-bond donors (Lipinski definition) is 4. The fourth-order valence-corrected chi connectivity index (χ4v) is 4.78. The van der Waals surface area contributed by atoms with Crippen LogP contribution in [0.1, 0.15) is 92.9 Å². The van der Waals surface area contributed by atoms with Gasteiger partial charge in [0.05, 0.1) is 24.6 Å². The van der Waals surface area contributed by atoms with Gasteiger partial charge in [-0.1, -0.05) is 27.7 Å². The van der Waals surface area contributed by atoms with Crippen molar-refractivity contribution < 1.29 is 20.4 Å². The molecule has 0 aliphatic carbocycles. The van der Waals surface area contributed by atoms with E-state index in [9.17, 15) is 30.0 Å². The van der Waals surface area contributed by atoms with E-state index in [2.05, 4.69) is 27.7 Å². The van der Waals surface area contributed by atoms with Crippen LogP contribution in [0.5, 0.6) is 11.8 Å².